The molecule has 0 spiro atoms. The number of ether oxygens (including phenoxy) is 2. The van der Waals surface area contributed by atoms with Crippen LogP contribution in [0.2, 0.25) is 0 Å². The van der Waals surface area contributed by atoms with E-state index in [1.54, 1.807) is 24.3 Å². The maximum absolute atomic E-state index is 12.4. The fourth-order valence-corrected chi connectivity index (χ4v) is 6.89. The Hall–Kier alpha value is -5.74. The minimum absolute atomic E-state index is 0.0380. The van der Waals surface area contributed by atoms with Gasteiger partial charge in [-0.05, 0) is 99.5 Å². The number of sulfonamides is 2. The highest BCUT2D eigenvalue weighted by Crippen LogP contribution is 2.16. The van der Waals surface area contributed by atoms with Crippen molar-refractivity contribution in [2.75, 3.05) is 23.8 Å². The average molecular weight is 793 g/mol. The summed E-state index contributed by atoms with van der Waals surface area (Å²) in [5.41, 5.74) is 2.95. The molecule has 14 nitrogen and oxygen atoms in total. The maximum Gasteiger partial charge on any atom is 0.338 e. The molecule has 0 fully saturated rings. The molecule has 0 atom stereocenters. The largest absolute Gasteiger partial charge is 0.462 e. The lowest BCUT2D eigenvalue weighted by Crippen LogP contribution is -2.34. The highest BCUT2D eigenvalue weighted by molar-refractivity contribution is 7.90. The Labute approximate surface area is 321 Å². The Balaban J connectivity index is 1.02. The Bertz CT molecular complexity index is 1990. The third kappa shape index (κ3) is 13.9. The van der Waals surface area contributed by atoms with Crippen molar-refractivity contribution in [3.05, 3.63) is 119 Å². The molecule has 0 aliphatic carbocycles. The zero-order chi connectivity index (χ0) is 39.8. The number of hydrogen-bond donors (Lipinski definition) is 4. The van der Waals surface area contributed by atoms with E-state index in [0.29, 0.717) is 35.3 Å². The summed E-state index contributed by atoms with van der Waals surface area (Å²) >= 11 is 0. The van der Waals surface area contributed by atoms with Crippen molar-refractivity contribution in [1.82, 2.24) is 9.44 Å². The van der Waals surface area contributed by atoms with Crippen LogP contribution in [0.3, 0.4) is 0 Å². The Morgan fingerprint density at radius 2 is 0.764 bits per heavy atom. The van der Waals surface area contributed by atoms with Crippen LogP contribution in [0.15, 0.2) is 107 Å². The predicted octanol–water partition coefficient (Wildman–Crippen LogP) is 7.07. The number of rotatable bonds is 18. The Morgan fingerprint density at radius 3 is 1.09 bits per heavy atom. The first kappa shape index (κ1) is 42.0. The zero-order valence-electron chi connectivity index (χ0n) is 30.5. The van der Waals surface area contributed by atoms with Crippen molar-refractivity contribution < 1.29 is 45.5 Å². The number of nitrogens with one attached hydrogen (secondary N) is 4. The van der Waals surface area contributed by atoms with E-state index in [9.17, 15) is 36.0 Å². The minimum Gasteiger partial charge on any atom is -0.462 e. The summed E-state index contributed by atoms with van der Waals surface area (Å²) in [6.07, 6.45) is 6.03. The minimum atomic E-state index is -4.04. The van der Waals surface area contributed by atoms with E-state index in [1.165, 1.54) is 72.8 Å². The van der Waals surface area contributed by atoms with E-state index < -0.39 is 44.0 Å². The molecule has 4 aromatic carbocycles. The van der Waals surface area contributed by atoms with E-state index >= 15 is 0 Å². The smallest absolute Gasteiger partial charge is 0.338 e. The van der Waals surface area contributed by atoms with Crippen LogP contribution in [-0.4, -0.2) is 54.1 Å². The monoisotopic (exact) mass is 792 g/mol. The van der Waals surface area contributed by atoms with Crippen molar-refractivity contribution >= 4 is 55.4 Å². The normalized spacial score (nSPS) is 11.2. The molecule has 0 saturated carbocycles. The first-order valence-electron chi connectivity index (χ1n) is 17.6. The van der Waals surface area contributed by atoms with Crippen LogP contribution in [0, 0.1) is 13.8 Å². The van der Waals surface area contributed by atoms with Crippen molar-refractivity contribution in [2.24, 2.45) is 0 Å². The number of benzene rings is 4. The zero-order valence-corrected chi connectivity index (χ0v) is 32.1. The molecule has 0 heterocycles. The van der Waals surface area contributed by atoms with Crippen molar-refractivity contribution in [1.29, 1.82) is 0 Å². The SMILES string of the molecule is Cc1ccc(S(=O)(=O)NC(=O)Nc2ccc(C(=O)OCCCCCCCCCOC(=O)c3ccc(NC(=O)NS(=O)(=O)c4ccc(C)cc4)cc3)cc2)cc1. The summed E-state index contributed by atoms with van der Waals surface area (Å²) < 4.78 is 64.2. The van der Waals surface area contributed by atoms with Gasteiger partial charge < -0.3 is 20.1 Å². The summed E-state index contributed by atoms with van der Waals surface area (Å²) in [5.74, 6) is -1.01. The Kier molecular flexibility index (Phi) is 15.3. The first-order valence-corrected chi connectivity index (χ1v) is 20.5. The van der Waals surface area contributed by atoms with Crippen molar-refractivity contribution in [3.63, 3.8) is 0 Å². The molecule has 4 N–H and O–H groups in total. The molecule has 0 aromatic heterocycles. The van der Waals surface area contributed by atoms with Gasteiger partial charge in [-0.2, -0.15) is 0 Å². The van der Waals surface area contributed by atoms with E-state index in [0.717, 1.165) is 43.2 Å². The molecule has 55 heavy (non-hydrogen) atoms. The highest BCUT2D eigenvalue weighted by atomic mass is 32.2. The molecule has 4 rings (SSSR count). The second-order valence-electron chi connectivity index (χ2n) is 12.6. The van der Waals surface area contributed by atoms with Gasteiger partial charge >= 0.3 is 24.0 Å². The molecule has 0 saturated heterocycles. The van der Waals surface area contributed by atoms with E-state index in [-0.39, 0.29) is 23.0 Å². The number of aryl methyl sites for hydroxylation is 2. The lowest BCUT2D eigenvalue weighted by molar-refractivity contribution is 0.0490. The molecule has 0 radical (unpaired) electrons. The summed E-state index contributed by atoms with van der Waals surface area (Å²) in [6.45, 7) is 4.16. The standard InChI is InChI=1S/C39H44N4O10S2/c1-28-10-22-34(23-11-28)54(48,49)42-38(46)40-32-18-14-30(15-19-32)36(44)52-26-8-6-4-3-5-7-9-27-53-37(45)31-16-20-33(21-17-31)41-39(47)43-55(50,51)35-24-12-29(2)13-25-35/h10-25H,3-9,26-27H2,1-2H3,(H2,40,42,46)(H2,41,43,47). The Morgan fingerprint density at radius 1 is 0.455 bits per heavy atom. The van der Waals surface area contributed by atoms with Crippen LogP contribution in [0.5, 0.6) is 0 Å². The molecule has 0 aliphatic rings. The van der Waals surface area contributed by atoms with Crippen LogP contribution >= 0.6 is 0 Å². The second kappa shape index (κ2) is 20.1. The van der Waals surface area contributed by atoms with Crippen LogP contribution in [0.4, 0.5) is 21.0 Å². The van der Waals surface area contributed by atoms with Crippen LogP contribution in [0.1, 0.15) is 76.8 Å². The average Bonchev–Trinajstić information content (AvgIpc) is 3.14. The molecule has 4 aromatic rings. The summed E-state index contributed by atoms with van der Waals surface area (Å²) in [4.78, 5) is 49.2. The van der Waals surface area contributed by atoms with Crippen LogP contribution in [0.25, 0.3) is 0 Å². The number of esters is 2. The van der Waals surface area contributed by atoms with Gasteiger partial charge in [-0.25, -0.2) is 45.5 Å². The number of anilines is 2. The molecular formula is C39H44N4O10S2. The summed E-state index contributed by atoms with van der Waals surface area (Å²) in [5, 5.41) is 4.86. The fourth-order valence-electron chi connectivity index (χ4n) is 5.07. The van der Waals surface area contributed by atoms with Gasteiger partial charge in [0.15, 0.2) is 0 Å². The lowest BCUT2D eigenvalue weighted by Gasteiger charge is -2.10. The second-order valence-corrected chi connectivity index (χ2v) is 16.0. The van der Waals surface area contributed by atoms with Gasteiger partial charge in [0.25, 0.3) is 20.0 Å². The number of unbranched alkanes of at least 4 members (excludes halogenated alkanes) is 6. The van der Waals surface area contributed by atoms with Gasteiger partial charge in [-0.3, -0.25) is 0 Å². The molecule has 292 valence electrons. The maximum atomic E-state index is 12.4. The van der Waals surface area contributed by atoms with Gasteiger partial charge in [0, 0.05) is 11.4 Å². The molecular weight excluding hydrogens is 749 g/mol. The van der Waals surface area contributed by atoms with E-state index in [2.05, 4.69) is 10.6 Å². The van der Waals surface area contributed by atoms with Gasteiger partial charge in [0.2, 0.25) is 0 Å². The molecule has 0 aliphatic heterocycles. The van der Waals surface area contributed by atoms with Crippen molar-refractivity contribution in [2.45, 2.75) is 68.6 Å². The van der Waals surface area contributed by atoms with Crippen molar-refractivity contribution in [3.8, 4) is 0 Å². The highest BCUT2D eigenvalue weighted by Gasteiger charge is 2.19. The topological polar surface area (TPSA) is 203 Å². The summed E-state index contributed by atoms with van der Waals surface area (Å²) in [6, 6.07) is 22.1. The third-order valence-corrected chi connectivity index (χ3v) is 10.8. The molecule has 4 amide bonds. The number of amides is 4. The fraction of sp³-hybridized carbons (Fsp3) is 0.282. The first-order chi connectivity index (χ1) is 26.2. The number of urea groups is 2. The lowest BCUT2D eigenvalue weighted by atomic mass is 10.1. The predicted molar refractivity (Wildman–Crippen MR) is 207 cm³/mol. The quantitative estimate of drug-likeness (QED) is 0.0596. The molecule has 16 heteroatoms. The van der Waals surface area contributed by atoms with Gasteiger partial charge in [-0.1, -0.05) is 67.5 Å². The van der Waals surface area contributed by atoms with Crippen LogP contribution in [-0.2, 0) is 29.5 Å². The number of carbonyl (C=O) groups excluding carboxylic acids is 4. The van der Waals surface area contributed by atoms with Gasteiger partial charge in [-0.15, -0.1) is 0 Å². The molecule has 0 bridgehead atoms. The van der Waals surface area contributed by atoms with Gasteiger partial charge in [0.1, 0.15) is 0 Å². The number of hydrogen-bond acceptors (Lipinski definition) is 10. The van der Waals surface area contributed by atoms with E-state index in [1.807, 2.05) is 23.3 Å². The summed E-state index contributed by atoms with van der Waals surface area (Å²) in [7, 11) is -8.08. The van der Waals surface area contributed by atoms with E-state index in [4.69, 9.17) is 9.47 Å². The molecule has 0 unspecified atom stereocenters. The van der Waals surface area contributed by atoms with Crippen LogP contribution < -0.4 is 20.1 Å². The van der Waals surface area contributed by atoms with Gasteiger partial charge in [0.05, 0.1) is 34.1 Å². The number of carbonyl (C=O) groups is 4. The third-order valence-electron chi connectivity index (χ3n) is 8.13.